The van der Waals surface area contributed by atoms with Crippen LogP contribution in [0, 0.1) is 17.8 Å². The molecule has 39 heavy (non-hydrogen) atoms. The Morgan fingerprint density at radius 3 is 2.41 bits per heavy atom. The Hall–Kier alpha value is -2.58. The van der Waals surface area contributed by atoms with E-state index in [1.165, 1.54) is 0 Å². The highest BCUT2D eigenvalue weighted by Crippen LogP contribution is 2.69. The summed E-state index contributed by atoms with van der Waals surface area (Å²) >= 11 is 1.68. The van der Waals surface area contributed by atoms with E-state index in [4.69, 9.17) is 0 Å². The zero-order valence-corrected chi connectivity index (χ0v) is 24.3. The van der Waals surface area contributed by atoms with Crippen molar-refractivity contribution < 1.29 is 19.5 Å². The van der Waals surface area contributed by atoms with Gasteiger partial charge in [0.25, 0.3) is 0 Å². The summed E-state index contributed by atoms with van der Waals surface area (Å²) < 4.78 is -0.718. The summed E-state index contributed by atoms with van der Waals surface area (Å²) in [6.45, 7) is 15.4. The van der Waals surface area contributed by atoms with E-state index in [0.717, 1.165) is 18.4 Å². The molecule has 212 valence electrons. The molecule has 3 saturated heterocycles. The second-order valence-corrected chi connectivity index (χ2v) is 12.7. The van der Waals surface area contributed by atoms with E-state index < -0.39 is 28.7 Å². The Morgan fingerprint density at radius 2 is 1.82 bits per heavy atom. The van der Waals surface area contributed by atoms with Gasteiger partial charge in [0.2, 0.25) is 17.7 Å². The minimum absolute atomic E-state index is 0.0146. The van der Waals surface area contributed by atoms with Gasteiger partial charge in [-0.25, -0.2) is 0 Å². The molecular formula is C31H43N3O4S. The molecule has 0 aliphatic carbocycles. The highest BCUT2D eigenvalue weighted by atomic mass is 32.2. The van der Waals surface area contributed by atoms with Crippen molar-refractivity contribution in [2.45, 2.75) is 68.7 Å². The predicted octanol–water partition coefficient (Wildman–Crippen LogP) is 3.73. The SMILES string of the molecule is C=CCN(Cc1ccccc1)C(=O)C1N([C@@H](CC)CO)C(=O)[C@@H]2[C@@H](C(=O)N(CC=C)CCC)[C@H]3CC(C)C12S3. The van der Waals surface area contributed by atoms with Crippen LogP contribution in [-0.2, 0) is 20.9 Å². The van der Waals surface area contributed by atoms with Crippen molar-refractivity contribution in [2.24, 2.45) is 17.8 Å². The van der Waals surface area contributed by atoms with Crippen LogP contribution in [0.2, 0.25) is 0 Å². The van der Waals surface area contributed by atoms with Crippen LogP contribution in [0.4, 0.5) is 0 Å². The molecule has 3 heterocycles. The van der Waals surface area contributed by atoms with Crippen LogP contribution < -0.4 is 0 Å². The van der Waals surface area contributed by atoms with Gasteiger partial charge >= 0.3 is 0 Å². The van der Waals surface area contributed by atoms with Crippen molar-refractivity contribution in [1.82, 2.24) is 14.7 Å². The van der Waals surface area contributed by atoms with Crippen LogP contribution in [0.15, 0.2) is 55.6 Å². The Morgan fingerprint density at radius 1 is 1.15 bits per heavy atom. The highest BCUT2D eigenvalue weighted by Gasteiger charge is 2.76. The van der Waals surface area contributed by atoms with Gasteiger partial charge in [-0.2, -0.15) is 0 Å². The standard InChI is InChI=1S/C31H43N3O4S/c1-6-15-32(16-7-2)28(36)25-24-18-21(5)31(39-24)26(25)29(37)34(23(9-4)20-35)27(31)30(38)33(17-8-3)19-22-13-11-10-12-14-22/h6,8,10-14,21,23-27,35H,1,3,7,9,15-20H2,2,4-5H3/t21?,23-,24+,25-,26-,27?,31?/m0/s1. The average molecular weight is 554 g/mol. The number of carbonyl (C=O) groups is 3. The molecule has 7 nitrogen and oxygen atoms in total. The summed E-state index contributed by atoms with van der Waals surface area (Å²) in [5, 5.41) is 10.3. The van der Waals surface area contributed by atoms with E-state index in [1.54, 1.807) is 33.7 Å². The first-order valence-corrected chi connectivity index (χ1v) is 15.1. The molecule has 8 heteroatoms. The van der Waals surface area contributed by atoms with Crippen molar-refractivity contribution in [2.75, 3.05) is 26.2 Å². The number of rotatable bonds is 13. The van der Waals surface area contributed by atoms with Crippen LogP contribution >= 0.6 is 11.8 Å². The number of nitrogens with zero attached hydrogens (tertiary/aromatic N) is 3. The molecular weight excluding hydrogens is 510 g/mol. The van der Waals surface area contributed by atoms with Crippen molar-refractivity contribution in [1.29, 1.82) is 0 Å². The molecule has 3 unspecified atom stereocenters. The fourth-order valence-electron chi connectivity index (χ4n) is 7.12. The molecule has 1 N–H and O–H groups in total. The largest absolute Gasteiger partial charge is 0.394 e. The van der Waals surface area contributed by atoms with E-state index in [9.17, 15) is 19.5 Å². The summed E-state index contributed by atoms with van der Waals surface area (Å²) in [7, 11) is 0. The zero-order chi connectivity index (χ0) is 28.3. The summed E-state index contributed by atoms with van der Waals surface area (Å²) in [5.74, 6) is -1.32. The maximum absolute atomic E-state index is 14.6. The maximum Gasteiger partial charge on any atom is 0.247 e. The normalized spacial score (nSPS) is 29.7. The first-order chi connectivity index (χ1) is 18.8. The molecule has 1 aromatic carbocycles. The number of hydrogen-bond donors (Lipinski definition) is 1. The van der Waals surface area contributed by atoms with Crippen molar-refractivity contribution in [3.63, 3.8) is 0 Å². The number of thioether (sulfide) groups is 1. The summed E-state index contributed by atoms with van der Waals surface area (Å²) in [5.41, 5.74) is 0.996. The summed E-state index contributed by atoms with van der Waals surface area (Å²) in [6.07, 6.45) is 5.57. The van der Waals surface area contributed by atoms with Gasteiger partial charge in [-0.05, 0) is 30.7 Å². The molecule has 3 aliphatic heterocycles. The molecule has 0 radical (unpaired) electrons. The van der Waals surface area contributed by atoms with Crippen LogP contribution in [0.5, 0.6) is 0 Å². The van der Waals surface area contributed by atoms with Crippen LogP contribution in [-0.4, -0.2) is 85.8 Å². The number of fused-ring (bicyclic) bond motifs is 1. The van der Waals surface area contributed by atoms with Crippen molar-refractivity contribution in [3.05, 3.63) is 61.2 Å². The van der Waals surface area contributed by atoms with Crippen molar-refractivity contribution in [3.8, 4) is 0 Å². The fourth-order valence-corrected chi connectivity index (χ4v) is 9.52. The molecule has 3 fully saturated rings. The molecule has 0 aromatic heterocycles. The molecule has 7 atom stereocenters. The first kappa shape index (κ1) is 29.4. The van der Waals surface area contributed by atoms with Crippen LogP contribution in [0.1, 0.15) is 45.6 Å². The predicted molar refractivity (Wildman–Crippen MR) is 156 cm³/mol. The number of benzene rings is 1. The summed E-state index contributed by atoms with van der Waals surface area (Å²) in [4.78, 5) is 48.3. The minimum Gasteiger partial charge on any atom is -0.394 e. The number of likely N-dealkylation sites (tertiary alicyclic amines) is 1. The van der Waals surface area contributed by atoms with Gasteiger partial charge in [-0.1, -0.05) is 63.3 Å². The molecule has 3 amide bonds. The lowest BCUT2D eigenvalue weighted by molar-refractivity contribution is -0.147. The molecule has 1 aromatic rings. The smallest absolute Gasteiger partial charge is 0.247 e. The quantitative estimate of drug-likeness (QED) is 0.377. The molecule has 1 spiro atoms. The maximum atomic E-state index is 14.6. The van der Waals surface area contributed by atoms with E-state index in [0.29, 0.717) is 32.6 Å². The lowest BCUT2D eigenvalue weighted by atomic mass is 9.65. The van der Waals surface area contributed by atoms with Gasteiger partial charge in [0.1, 0.15) is 6.04 Å². The number of amides is 3. The topological polar surface area (TPSA) is 81.2 Å². The van der Waals surface area contributed by atoms with Crippen LogP contribution in [0.25, 0.3) is 0 Å². The Balaban J connectivity index is 1.79. The van der Waals surface area contributed by atoms with Gasteiger partial charge in [-0.15, -0.1) is 24.9 Å². The first-order valence-electron chi connectivity index (χ1n) is 14.2. The molecule has 4 rings (SSSR count). The van der Waals surface area contributed by atoms with E-state index in [2.05, 4.69) is 20.1 Å². The minimum atomic E-state index is -0.752. The Bertz CT molecular complexity index is 1080. The number of hydrogen-bond acceptors (Lipinski definition) is 5. The highest BCUT2D eigenvalue weighted by molar-refractivity contribution is 8.02. The number of carbonyl (C=O) groups excluding carboxylic acids is 3. The van der Waals surface area contributed by atoms with E-state index in [1.807, 2.05) is 49.1 Å². The third-order valence-corrected chi connectivity index (χ3v) is 10.9. The average Bonchev–Trinajstić information content (AvgIpc) is 3.53. The van der Waals surface area contributed by atoms with Crippen LogP contribution in [0.3, 0.4) is 0 Å². The lowest BCUT2D eigenvalue weighted by Crippen LogP contribution is -2.59. The molecule has 3 aliphatic rings. The lowest BCUT2D eigenvalue weighted by Gasteiger charge is -2.42. The third kappa shape index (κ3) is 4.95. The Kier molecular flexibility index (Phi) is 9.27. The second kappa shape index (κ2) is 12.3. The Labute approximate surface area is 237 Å². The number of aliphatic hydroxyl groups excluding tert-OH is 1. The second-order valence-electron chi connectivity index (χ2n) is 11.1. The summed E-state index contributed by atoms with van der Waals surface area (Å²) in [6, 6.07) is 8.57. The number of aliphatic hydroxyl groups is 1. The van der Waals surface area contributed by atoms with Gasteiger partial charge in [0.05, 0.1) is 29.2 Å². The monoisotopic (exact) mass is 553 g/mol. The van der Waals surface area contributed by atoms with Gasteiger partial charge in [-0.3, -0.25) is 14.4 Å². The zero-order valence-electron chi connectivity index (χ0n) is 23.5. The molecule has 2 bridgehead atoms. The molecule has 0 saturated carbocycles. The third-order valence-electron chi connectivity index (χ3n) is 8.81. The van der Waals surface area contributed by atoms with Gasteiger partial charge < -0.3 is 19.8 Å². The van der Waals surface area contributed by atoms with Crippen molar-refractivity contribution >= 4 is 29.5 Å². The van der Waals surface area contributed by atoms with Gasteiger partial charge in [0, 0.05) is 31.4 Å². The fraction of sp³-hybridized carbons (Fsp3) is 0.581. The van der Waals surface area contributed by atoms with Gasteiger partial charge in [0.15, 0.2) is 0 Å². The van der Waals surface area contributed by atoms with E-state index in [-0.39, 0.29) is 35.5 Å². The van der Waals surface area contributed by atoms with E-state index >= 15 is 0 Å².